The van der Waals surface area contributed by atoms with Crippen LogP contribution in [-0.4, -0.2) is 83.3 Å². The summed E-state index contributed by atoms with van der Waals surface area (Å²) in [7, 11) is 0. The van der Waals surface area contributed by atoms with Crippen molar-refractivity contribution in [1.82, 2.24) is 24.6 Å². The molecule has 2 fully saturated rings. The van der Waals surface area contributed by atoms with Crippen LogP contribution in [0.5, 0.6) is 0 Å². The maximum absolute atomic E-state index is 13.1. The molecule has 1 saturated heterocycles. The molecule has 188 valence electrons. The first-order chi connectivity index (χ1) is 17.5. The third-order valence-electron chi connectivity index (χ3n) is 5.21. The Kier molecular flexibility index (Phi) is 7.22. The topological polar surface area (TPSA) is 176 Å². The summed E-state index contributed by atoms with van der Waals surface area (Å²) >= 11 is 5.04. The number of carboxylic acids is 1. The molecule has 13 nitrogen and oxygen atoms in total. The van der Waals surface area contributed by atoms with Crippen molar-refractivity contribution in [2.75, 3.05) is 16.8 Å². The number of rotatable bonds is 11. The van der Waals surface area contributed by atoms with E-state index in [9.17, 15) is 24.3 Å². The Hall–Kier alpha value is -3.02. The fraction of sp³-hybridized carbons (Fsp3) is 0.368. The first-order valence-corrected chi connectivity index (χ1v) is 14.1. The monoisotopic (exact) mass is 567 g/mol. The molecule has 2 aromatic heterocycles. The van der Waals surface area contributed by atoms with Gasteiger partial charge in [0.05, 0.1) is 0 Å². The highest BCUT2D eigenvalue weighted by Crippen LogP contribution is 2.41. The number of thioether (sulfide) groups is 2. The summed E-state index contributed by atoms with van der Waals surface area (Å²) in [5.41, 5.74) is 0.581. The molecule has 3 aliphatic rings. The number of hydrogen-bond donors (Lipinski definition) is 3. The fourth-order valence-corrected chi connectivity index (χ4v) is 6.97. The Balaban J connectivity index is 1.30. The first kappa shape index (κ1) is 24.7. The number of β-lactam (4-membered cyclic amide) rings is 1. The lowest BCUT2D eigenvalue weighted by Crippen LogP contribution is -2.71. The zero-order valence-electron chi connectivity index (χ0n) is 18.2. The summed E-state index contributed by atoms with van der Waals surface area (Å²) < 4.78 is 4.63. The highest BCUT2D eigenvalue weighted by molar-refractivity contribution is 8.01. The van der Waals surface area contributed by atoms with E-state index in [2.05, 4.69) is 30.1 Å². The van der Waals surface area contributed by atoms with Crippen LogP contribution in [0.1, 0.15) is 18.5 Å². The van der Waals surface area contributed by atoms with Crippen molar-refractivity contribution >= 4 is 81.4 Å². The number of amides is 3. The summed E-state index contributed by atoms with van der Waals surface area (Å²) in [5, 5.41) is 20.1. The van der Waals surface area contributed by atoms with Gasteiger partial charge in [-0.05, 0) is 29.9 Å². The van der Waals surface area contributed by atoms with Gasteiger partial charge in [0.15, 0.2) is 15.2 Å². The van der Waals surface area contributed by atoms with E-state index >= 15 is 0 Å². The maximum Gasteiger partial charge on any atom is 0.352 e. The molecule has 0 radical (unpaired) electrons. The van der Waals surface area contributed by atoms with Gasteiger partial charge in [0.2, 0.25) is 6.41 Å². The predicted molar refractivity (Wildman–Crippen MR) is 133 cm³/mol. The van der Waals surface area contributed by atoms with Crippen LogP contribution >= 0.6 is 46.4 Å². The van der Waals surface area contributed by atoms with Crippen molar-refractivity contribution in [1.29, 1.82) is 0 Å². The van der Waals surface area contributed by atoms with Crippen LogP contribution in [0.25, 0.3) is 0 Å². The van der Waals surface area contributed by atoms with Crippen LogP contribution in [0.4, 0.5) is 5.13 Å². The molecule has 2 aliphatic heterocycles. The number of nitrogens with one attached hydrogen (secondary N) is 2. The van der Waals surface area contributed by atoms with Crippen molar-refractivity contribution in [2.45, 2.75) is 34.7 Å². The molecule has 0 bridgehead atoms. The second-order valence-corrected chi connectivity index (χ2v) is 11.6. The van der Waals surface area contributed by atoms with Gasteiger partial charge in [-0.25, -0.2) is 14.8 Å². The number of carbonyl (C=O) groups excluding carboxylic acids is 3. The lowest BCUT2D eigenvalue weighted by Gasteiger charge is -2.49. The van der Waals surface area contributed by atoms with Crippen LogP contribution in [-0.2, 0) is 24.0 Å². The van der Waals surface area contributed by atoms with Crippen LogP contribution in [0, 0.1) is 0 Å². The molecule has 3 amide bonds. The summed E-state index contributed by atoms with van der Waals surface area (Å²) in [6, 6.07) is -0.938. The third kappa shape index (κ3) is 5.09. The molecule has 5 rings (SSSR count). The van der Waals surface area contributed by atoms with Gasteiger partial charge in [0.25, 0.3) is 11.8 Å². The van der Waals surface area contributed by atoms with Gasteiger partial charge in [0.1, 0.15) is 35.2 Å². The van der Waals surface area contributed by atoms with Gasteiger partial charge in [0, 0.05) is 16.9 Å². The molecule has 17 heteroatoms. The van der Waals surface area contributed by atoms with Gasteiger partial charge in [-0.1, -0.05) is 16.9 Å². The van der Waals surface area contributed by atoms with Crippen molar-refractivity contribution < 1.29 is 29.1 Å². The molecule has 2 atom stereocenters. The third-order valence-corrected chi connectivity index (χ3v) is 9.21. The molecule has 36 heavy (non-hydrogen) atoms. The number of thiazole rings is 1. The molecule has 2 aromatic rings. The van der Waals surface area contributed by atoms with Crippen LogP contribution in [0.3, 0.4) is 0 Å². The molecular formula is C19H17N7O6S4. The van der Waals surface area contributed by atoms with Crippen molar-refractivity contribution in [3.8, 4) is 0 Å². The van der Waals surface area contributed by atoms with Crippen molar-refractivity contribution in [3.63, 3.8) is 0 Å². The van der Waals surface area contributed by atoms with E-state index in [1.165, 1.54) is 51.7 Å². The molecule has 1 saturated carbocycles. The molecule has 0 aromatic carbocycles. The van der Waals surface area contributed by atoms with Crippen LogP contribution in [0.2, 0.25) is 0 Å². The van der Waals surface area contributed by atoms with Gasteiger partial charge >= 0.3 is 5.97 Å². The zero-order chi connectivity index (χ0) is 25.2. The summed E-state index contributed by atoms with van der Waals surface area (Å²) in [4.78, 5) is 63.6. The number of anilines is 1. The van der Waals surface area contributed by atoms with E-state index in [4.69, 9.17) is 4.84 Å². The quantitative estimate of drug-likeness (QED) is 0.116. The van der Waals surface area contributed by atoms with Gasteiger partial charge < -0.3 is 20.6 Å². The Morgan fingerprint density at radius 2 is 2.22 bits per heavy atom. The Labute approximate surface area is 219 Å². The molecule has 0 unspecified atom stereocenters. The summed E-state index contributed by atoms with van der Waals surface area (Å²) in [6.45, 7) is 0. The number of fused-ring (bicyclic) bond motifs is 1. The van der Waals surface area contributed by atoms with E-state index in [1.807, 2.05) is 0 Å². The number of carbonyl (C=O) groups is 4. The minimum absolute atomic E-state index is 0.0682. The molecular weight excluding hydrogens is 551 g/mol. The number of nitrogens with zero attached hydrogens (tertiary/aromatic N) is 5. The maximum atomic E-state index is 13.1. The van der Waals surface area contributed by atoms with Crippen molar-refractivity contribution in [3.05, 3.63) is 28.7 Å². The Bertz CT molecular complexity index is 1260. The predicted octanol–water partition coefficient (Wildman–Crippen LogP) is 0.977. The number of oxime groups is 1. The second-order valence-electron chi connectivity index (χ2n) is 7.66. The second kappa shape index (κ2) is 10.5. The zero-order valence-corrected chi connectivity index (χ0v) is 21.4. The number of aromatic nitrogens is 3. The SMILES string of the molecule is O=CNc1nc(/C(=N/OC2CC2)C(=O)N[C@@H]2C(=O)N3C(C(=O)O)=C(CSc4ncns4)CS[C@H]23)cs1. The minimum Gasteiger partial charge on any atom is -0.477 e. The van der Waals surface area contributed by atoms with E-state index in [0.29, 0.717) is 27.8 Å². The lowest BCUT2D eigenvalue weighted by molar-refractivity contribution is -0.150. The van der Waals surface area contributed by atoms with Crippen LogP contribution in [0.15, 0.2) is 32.5 Å². The Morgan fingerprint density at radius 3 is 2.92 bits per heavy atom. The average molecular weight is 568 g/mol. The average Bonchev–Trinajstić information content (AvgIpc) is 3.33. The van der Waals surface area contributed by atoms with E-state index in [0.717, 1.165) is 24.2 Å². The molecule has 3 N–H and O–H groups in total. The first-order valence-electron chi connectivity index (χ1n) is 10.5. The van der Waals surface area contributed by atoms with Crippen LogP contribution < -0.4 is 10.6 Å². The molecule has 1 aliphatic carbocycles. The van der Waals surface area contributed by atoms with E-state index < -0.39 is 29.2 Å². The fourth-order valence-electron chi connectivity index (χ4n) is 3.38. The highest BCUT2D eigenvalue weighted by Gasteiger charge is 2.54. The van der Waals surface area contributed by atoms with Gasteiger partial charge in [-0.2, -0.15) is 4.37 Å². The summed E-state index contributed by atoms with van der Waals surface area (Å²) in [5.74, 6) is -1.68. The number of hydrogen-bond acceptors (Lipinski definition) is 13. The van der Waals surface area contributed by atoms with E-state index in [-0.39, 0.29) is 28.3 Å². The smallest absolute Gasteiger partial charge is 0.352 e. The Morgan fingerprint density at radius 1 is 1.39 bits per heavy atom. The normalized spacial score (nSPS) is 21.5. The van der Waals surface area contributed by atoms with Gasteiger partial charge in [-0.3, -0.25) is 19.3 Å². The number of aliphatic carboxylic acids is 1. The van der Waals surface area contributed by atoms with E-state index in [1.54, 1.807) is 0 Å². The standard InChI is InChI=1S/C19H17N7O6S4/c27-7-21-18-23-10(5-34-18)11(25-32-9-1-2-9)14(28)24-12-15(29)26-13(17(30)31)8(3-33-16(12)26)4-35-19-20-6-22-36-19/h5-7,9,12,16H,1-4H2,(H,24,28)(H,30,31)(H,21,23,27)/b25-11-/t12-,16-/m1/s1. The highest BCUT2D eigenvalue weighted by atomic mass is 32.2. The van der Waals surface area contributed by atoms with Gasteiger partial charge in [-0.15, -0.1) is 23.1 Å². The molecule has 4 heterocycles. The summed E-state index contributed by atoms with van der Waals surface area (Å²) in [6.07, 6.45) is 3.47. The minimum atomic E-state index is -1.20. The number of carboxylic acid groups (broad SMARTS) is 1. The lowest BCUT2D eigenvalue weighted by atomic mass is 10.0. The van der Waals surface area contributed by atoms with Crippen molar-refractivity contribution in [2.24, 2.45) is 5.16 Å². The molecule has 0 spiro atoms. The largest absolute Gasteiger partial charge is 0.477 e.